The minimum absolute atomic E-state index is 0.0441. The second kappa shape index (κ2) is 5.29. The van der Waals surface area contributed by atoms with E-state index in [-0.39, 0.29) is 22.8 Å². The van der Waals surface area contributed by atoms with Gasteiger partial charge in [-0.25, -0.2) is 0 Å². The van der Waals surface area contributed by atoms with Crippen molar-refractivity contribution in [2.45, 2.75) is 13.5 Å². The molecular weight excluding hydrogens is 256 g/mol. The van der Waals surface area contributed by atoms with Gasteiger partial charge in [-0.3, -0.25) is 0 Å². The SMILES string of the molecule is CC[n+]1cc(-c2c(C#N)c(N)nc(OC)c2C#N)c[nH]1. The highest BCUT2D eigenvalue weighted by Crippen LogP contribution is 2.33. The number of nitrogens with one attached hydrogen (secondary N) is 1. The van der Waals surface area contributed by atoms with Crippen molar-refractivity contribution in [3.8, 4) is 29.1 Å². The summed E-state index contributed by atoms with van der Waals surface area (Å²) in [5, 5.41) is 21.6. The molecule has 7 heteroatoms. The maximum atomic E-state index is 9.33. The summed E-state index contributed by atoms with van der Waals surface area (Å²) in [7, 11) is 1.40. The highest BCUT2D eigenvalue weighted by Gasteiger charge is 2.23. The van der Waals surface area contributed by atoms with Crippen molar-refractivity contribution in [1.29, 1.82) is 10.5 Å². The molecule has 2 rings (SSSR count). The van der Waals surface area contributed by atoms with Gasteiger partial charge in [0.05, 0.1) is 18.9 Å². The summed E-state index contributed by atoms with van der Waals surface area (Å²) >= 11 is 0. The third-order valence-electron chi connectivity index (χ3n) is 2.92. The Hall–Kier alpha value is -3.06. The van der Waals surface area contributed by atoms with Crippen LogP contribution in [0.4, 0.5) is 5.82 Å². The number of aromatic nitrogens is 3. The molecule has 0 saturated carbocycles. The van der Waals surface area contributed by atoms with Crippen LogP contribution in [0.15, 0.2) is 12.4 Å². The Labute approximate surface area is 115 Å². The largest absolute Gasteiger partial charge is 0.480 e. The van der Waals surface area contributed by atoms with Gasteiger partial charge in [-0.1, -0.05) is 0 Å². The molecule has 0 saturated heterocycles. The molecule has 0 aliphatic heterocycles. The predicted octanol–water partition coefficient (Wildman–Crippen LogP) is 0.718. The molecule has 0 aliphatic carbocycles. The van der Waals surface area contributed by atoms with Crippen LogP contribution in [-0.2, 0) is 6.54 Å². The van der Waals surface area contributed by atoms with Gasteiger partial charge < -0.3 is 10.5 Å². The number of anilines is 1. The number of hydrogen-bond donors (Lipinski definition) is 2. The Balaban J connectivity index is 2.81. The Morgan fingerprint density at radius 1 is 1.40 bits per heavy atom. The van der Waals surface area contributed by atoms with Crippen LogP contribution >= 0.6 is 0 Å². The predicted molar refractivity (Wildman–Crippen MR) is 70.3 cm³/mol. The molecule has 100 valence electrons. The molecule has 0 amide bonds. The minimum Gasteiger partial charge on any atom is -0.480 e. The summed E-state index contributed by atoms with van der Waals surface area (Å²) < 4.78 is 6.89. The number of pyridine rings is 1. The van der Waals surface area contributed by atoms with Gasteiger partial charge in [-0.05, 0) is 6.92 Å². The van der Waals surface area contributed by atoms with Crippen LogP contribution in [0.1, 0.15) is 18.1 Å². The van der Waals surface area contributed by atoms with Crippen molar-refractivity contribution in [2.75, 3.05) is 12.8 Å². The topological polar surface area (TPSA) is 115 Å². The van der Waals surface area contributed by atoms with Crippen molar-refractivity contribution in [1.82, 2.24) is 10.1 Å². The van der Waals surface area contributed by atoms with Crippen molar-refractivity contribution in [2.24, 2.45) is 0 Å². The van der Waals surface area contributed by atoms with E-state index >= 15 is 0 Å². The molecular formula is C13H13N6O+. The minimum atomic E-state index is 0.0441. The second-order valence-electron chi connectivity index (χ2n) is 4.00. The smallest absolute Gasteiger partial charge is 0.234 e. The van der Waals surface area contributed by atoms with Gasteiger partial charge in [0, 0.05) is 5.56 Å². The third kappa shape index (κ3) is 2.02. The van der Waals surface area contributed by atoms with Gasteiger partial charge in [0.2, 0.25) is 12.1 Å². The molecule has 3 N–H and O–H groups in total. The van der Waals surface area contributed by atoms with Gasteiger partial charge in [0.15, 0.2) is 6.54 Å². The van der Waals surface area contributed by atoms with Gasteiger partial charge in [-0.15, -0.1) is 4.68 Å². The van der Waals surface area contributed by atoms with E-state index in [4.69, 9.17) is 10.5 Å². The molecule has 2 aromatic heterocycles. The molecule has 7 nitrogen and oxygen atoms in total. The zero-order valence-corrected chi connectivity index (χ0v) is 11.1. The summed E-state index contributed by atoms with van der Waals surface area (Å²) in [6.07, 6.45) is 3.51. The van der Waals surface area contributed by atoms with Gasteiger partial charge >= 0.3 is 0 Å². The molecule has 0 fully saturated rings. The Bertz CT molecular complexity index is 735. The maximum Gasteiger partial charge on any atom is 0.234 e. The molecule has 0 radical (unpaired) electrons. The lowest BCUT2D eigenvalue weighted by atomic mass is 9.99. The van der Waals surface area contributed by atoms with Crippen LogP contribution < -0.4 is 15.2 Å². The Morgan fingerprint density at radius 3 is 2.60 bits per heavy atom. The van der Waals surface area contributed by atoms with Crippen LogP contribution in [0.5, 0.6) is 5.88 Å². The molecule has 0 atom stereocenters. The van der Waals surface area contributed by atoms with E-state index in [9.17, 15) is 10.5 Å². The summed E-state index contributed by atoms with van der Waals surface area (Å²) in [5.74, 6) is 0.158. The fraction of sp³-hybridized carbons (Fsp3) is 0.231. The highest BCUT2D eigenvalue weighted by atomic mass is 16.5. The number of hydrogen-bond acceptors (Lipinski definition) is 5. The lowest BCUT2D eigenvalue weighted by Gasteiger charge is -2.09. The zero-order valence-electron chi connectivity index (χ0n) is 11.1. The van der Waals surface area contributed by atoms with E-state index in [0.29, 0.717) is 11.1 Å². The molecule has 2 aromatic rings. The van der Waals surface area contributed by atoms with Crippen molar-refractivity contribution in [3.05, 3.63) is 23.5 Å². The molecule has 0 bridgehead atoms. The number of aryl methyl sites for hydroxylation is 1. The quantitative estimate of drug-likeness (QED) is 0.796. The van der Waals surface area contributed by atoms with Crippen LogP contribution in [0, 0.1) is 22.7 Å². The lowest BCUT2D eigenvalue weighted by Crippen LogP contribution is -2.32. The molecule has 0 aliphatic rings. The molecule has 0 aromatic carbocycles. The number of nitrogens with two attached hydrogens (primary N) is 1. The average molecular weight is 269 g/mol. The fourth-order valence-corrected chi connectivity index (χ4v) is 1.95. The van der Waals surface area contributed by atoms with E-state index in [2.05, 4.69) is 10.1 Å². The Kier molecular flexibility index (Phi) is 3.54. The summed E-state index contributed by atoms with van der Waals surface area (Å²) in [4.78, 5) is 3.94. The Morgan fingerprint density at radius 2 is 2.10 bits per heavy atom. The fourth-order valence-electron chi connectivity index (χ4n) is 1.95. The second-order valence-corrected chi connectivity index (χ2v) is 4.00. The zero-order chi connectivity index (χ0) is 14.7. The first-order valence-corrected chi connectivity index (χ1v) is 5.92. The number of nitriles is 2. The number of rotatable bonds is 3. The number of aromatic amines is 1. The van der Waals surface area contributed by atoms with E-state index in [1.54, 1.807) is 12.4 Å². The van der Waals surface area contributed by atoms with E-state index < -0.39 is 0 Å². The molecule has 2 heterocycles. The summed E-state index contributed by atoms with van der Waals surface area (Å²) in [5.41, 5.74) is 7.25. The molecule has 0 unspecified atom stereocenters. The van der Waals surface area contributed by atoms with Crippen molar-refractivity contribution >= 4 is 5.82 Å². The third-order valence-corrected chi connectivity index (χ3v) is 2.92. The van der Waals surface area contributed by atoms with E-state index in [1.807, 2.05) is 23.7 Å². The van der Waals surface area contributed by atoms with E-state index in [0.717, 1.165) is 6.54 Å². The lowest BCUT2D eigenvalue weighted by molar-refractivity contribution is -0.746. The van der Waals surface area contributed by atoms with Crippen molar-refractivity contribution in [3.63, 3.8) is 0 Å². The molecule has 0 spiro atoms. The van der Waals surface area contributed by atoms with Gasteiger partial charge in [0.1, 0.15) is 29.1 Å². The monoisotopic (exact) mass is 269 g/mol. The van der Waals surface area contributed by atoms with Crippen LogP contribution in [0.25, 0.3) is 11.1 Å². The number of nitrogens with zero attached hydrogens (tertiary/aromatic N) is 4. The standard InChI is InChI=1S/C13H12N6O/c1-3-19-7-8(6-17-19)11-9(4-14)12(16)18-13(20-2)10(11)5-15/h6-7H,3H2,1-2H3,(H2,16,18)/p+1. The first kappa shape index (κ1) is 13.4. The van der Waals surface area contributed by atoms with Crippen molar-refractivity contribution < 1.29 is 9.42 Å². The first-order chi connectivity index (χ1) is 9.65. The van der Waals surface area contributed by atoms with Gasteiger partial charge in [-0.2, -0.15) is 20.6 Å². The summed E-state index contributed by atoms with van der Waals surface area (Å²) in [6, 6.07) is 4.02. The van der Waals surface area contributed by atoms with Gasteiger partial charge in [0.25, 0.3) is 0 Å². The highest BCUT2D eigenvalue weighted by molar-refractivity contribution is 5.81. The average Bonchev–Trinajstić information content (AvgIpc) is 2.94. The number of nitrogen functional groups attached to an aromatic ring is 1. The van der Waals surface area contributed by atoms with Crippen LogP contribution in [0.3, 0.4) is 0 Å². The van der Waals surface area contributed by atoms with E-state index in [1.165, 1.54) is 7.11 Å². The van der Waals surface area contributed by atoms with Crippen LogP contribution in [-0.4, -0.2) is 17.2 Å². The number of ether oxygens (including phenoxy) is 1. The maximum absolute atomic E-state index is 9.33. The summed E-state index contributed by atoms with van der Waals surface area (Å²) in [6.45, 7) is 2.71. The first-order valence-electron chi connectivity index (χ1n) is 5.92. The number of methoxy groups -OCH3 is 1. The van der Waals surface area contributed by atoms with Crippen LogP contribution in [0.2, 0.25) is 0 Å². The normalized spacial score (nSPS) is 9.80. The molecule has 20 heavy (non-hydrogen) atoms. The number of H-pyrrole nitrogens is 1.